The van der Waals surface area contributed by atoms with Crippen LogP contribution in [0.3, 0.4) is 0 Å². The number of rotatable bonds is 10. The number of H-pyrrole nitrogens is 1. The lowest BCUT2D eigenvalue weighted by molar-refractivity contribution is -0.146. The smallest absolute Gasteiger partial charge is 0.328 e. The molecule has 2 aromatic rings. The third-order valence-corrected chi connectivity index (χ3v) is 7.28. The van der Waals surface area contributed by atoms with E-state index in [1.54, 1.807) is 18.2 Å². The van der Waals surface area contributed by atoms with Gasteiger partial charge in [-0.3, -0.25) is 14.4 Å². The molecule has 1 aromatic heterocycles. The Morgan fingerprint density at radius 1 is 1.14 bits per heavy atom. The number of ether oxygens (including phenoxy) is 2. The van der Waals surface area contributed by atoms with Gasteiger partial charge in [0.2, 0.25) is 11.8 Å². The summed E-state index contributed by atoms with van der Waals surface area (Å²) in [6.45, 7) is 3.81. The van der Waals surface area contributed by atoms with Gasteiger partial charge in [0.15, 0.2) is 0 Å². The van der Waals surface area contributed by atoms with E-state index in [1.165, 1.54) is 14.2 Å². The molecule has 1 unspecified atom stereocenters. The Morgan fingerprint density at radius 3 is 2.46 bits per heavy atom. The number of carbonyl (C=O) groups excluding carboxylic acids is 4. The van der Waals surface area contributed by atoms with Crippen LogP contribution in [0.15, 0.2) is 18.2 Å². The number of halogens is 1. The van der Waals surface area contributed by atoms with Gasteiger partial charge >= 0.3 is 5.97 Å². The SMILES string of the molecule is COC(=O)C(C[C@@H]1CC(C)(C)NC1=O)NC(=O)[C@H](CC1CC1)NC(=O)c1cc2c(OC)ccc(Cl)c2[nH]1. The van der Waals surface area contributed by atoms with Crippen LogP contribution in [0.2, 0.25) is 5.02 Å². The number of fused-ring (bicyclic) bond motifs is 1. The fourth-order valence-corrected chi connectivity index (χ4v) is 5.12. The van der Waals surface area contributed by atoms with Crippen molar-refractivity contribution in [3.05, 3.63) is 28.9 Å². The van der Waals surface area contributed by atoms with Gasteiger partial charge < -0.3 is 30.4 Å². The number of esters is 1. The minimum atomic E-state index is -1.02. The zero-order valence-electron chi connectivity index (χ0n) is 21.4. The Hall–Kier alpha value is -3.27. The number of nitrogens with one attached hydrogen (secondary N) is 4. The van der Waals surface area contributed by atoms with E-state index in [4.69, 9.17) is 21.1 Å². The van der Waals surface area contributed by atoms with E-state index >= 15 is 0 Å². The average molecular weight is 533 g/mol. The molecule has 0 bridgehead atoms. The van der Waals surface area contributed by atoms with E-state index < -0.39 is 35.8 Å². The number of aromatic amines is 1. The summed E-state index contributed by atoms with van der Waals surface area (Å²) in [7, 11) is 2.76. The van der Waals surface area contributed by atoms with Crippen LogP contribution in [-0.2, 0) is 19.1 Å². The van der Waals surface area contributed by atoms with Crippen LogP contribution < -0.4 is 20.7 Å². The molecule has 4 N–H and O–H groups in total. The molecule has 2 heterocycles. The molecule has 3 amide bonds. The molecule has 2 aliphatic rings. The number of hydrogen-bond acceptors (Lipinski definition) is 6. The number of hydrogen-bond donors (Lipinski definition) is 4. The Labute approximate surface area is 220 Å². The summed E-state index contributed by atoms with van der Waals surface area (Å²) < 4.78 is 10.3. The Bertz CT molecular complexity index is 1220. The lowest BCUT2D eigenvalue weighted by Gasteiger charge is -2.23. The Kier molecular flexibility index (Phi) is 7.68. The first-order valence-corrected chi connectivity index (χ1v) is 12.8. The van der Waals surface area contributed by atoms with Crippen molar-refractivity contribution in [2.24, 2.45) is 11.8 Å². The van der Waals surface area contributed by atoms with Crippen LogP contribution in [0.25, 0.3) is 10.9 Å². The van der Waals surface area contributed by atoms with Gasteiger partial charge in [-0.05, 0) is 57.2 Å². The molecule has 1 saturated carbocycles. The highest BCUT2D eigenvalue weighted by atomic mass is 35.5. The maximum Gasteiger partial charge on any atom is 0.328 e. The Balaban J connectivity index is 1.50. The van der Waals surface area contributed by atoms with Gasteiger partial charge in [-0.15, -0.1) is 0 Å². The highest BCUT2D eigenvalue weighted by molar-refractivity contribution is 6.35. The lowest BCUT2D eigenvalue weighted by Crippen LogP contribution is -2.52. The lowest BCUT2D eigenvalue weighted by atomic mass is 9.91. The van der Waals surface area contributed by atoms with Crippen LogP contribution in [0, 0.1) is 11.8 Å². The summed E-state index contributed by atoms with van der Waals surface area (Å²) in [5, 5.41) is 9.51. The van der Waals surface area contributed by atoms with Crippen LogP contribution >= 0.6 is 11.6 Å². The molecule has 37 heavy (non-hydrogen) atoms. The minimum absolute atomic E-state index is 0.109. The van der Waals surface area contributed by atoms with E-state index in [9.17, 15) is 19.2 Å². The molecular weight excluding hydrogens is 500 g/mol. The summed E-state index contributed by atoms with van der Waals surface area (Å²) in [6.07, 6.45) is 3.02. The highest BCUT2D eigenvalue weighted by Gasteiger charge is 2.41. The zero-order chi connectivity index (χ0) is 26.9. The van der Waals surface area contributed by atoms with Crippen molar-refractivity contribution >= 4 is 46.2 Å². The maximum absolute atomic E-state index is 13.3. The normalized spacial score (nSPS) is 20.1. The first-order chi connectivity index (χ1) is 17.5. The Morgan fingerprint density at radius 2 is 1.86 bits per heavy atom. The third-order valence-electron chi connectivity index (χ3n) is 6.97. The molecule has 10 nitrogen and oxygen atoms in total. The van der Waals surface area contributed by atoms with E-state index in [1.807, 2.05) is 13.8 Å². The molecule has 4 rings (SSSR count). The predicted molar refractivity (Wildman–Crippen MR) is 137 cm³/mol. The van der Waals surface area contributed by atoms with Gasteiger partial charge in [-0.1, -0.05) is 24.4 Å². The van der Waals surface area contributed by atoms with Crippen LogP contribution in [0.5, 0.6) is 5.75 Å². The number of benzene rings is 1. The molecule has 11 heteroatoms. The van der Waals surface area contributed by atoms with Gasteiger partial charge in [-0.2, -0.15) is 0 Å². The first-order valence-electron chi connectivity index (χ1n) is 12.4. The summed E-state index contributed by atoms with van der Waals surface area (Å²) in [5.41, 5.74) is 0.391. The van der Waals surface area contributed by atoms with Gasteiger partial charge in [-0.25, -0.2) is 4.79 Å². The maximum atomic E-state index is 13.3. The van der Waals surface area contributed by atoms with Gasteiger partial charge in [0, 0.05) is 16.8 Å². The summed E-state index contributed by atoms with van der Waals surface area (Å²) in [6, 6.07) is 3.12. The predicted octanol–water partition coefficient (Wildman–Crippen LogP) is 2.69. The van der Waals surface area contributed by atoms with Crippen LogP contribution in [-0.4, -0.2) is 60.5 Å². The molecule has 1 aliphatic carbocycles. The summed E-state index contributed by atoms with van der Waals surface area (Å²) >= 11 is 6.28. The quantitative estimate of drug-likeness (QED) is 0.347. The first kappa shape index (κ1) is 26.8. The fourth-order valence-electron chi connectivity index (χ4n) is 4.91. The van der Waals surface area contributed by atoms with E-state index in [-0.39, 0.29) is 23.6 Å². The van der Waals surface area contributed by atoms with Crippen molar-refractivity contribution in [2.75, 3.05) is 14.2 Å². The zero-order valence-corrected chi connectivity index (χ0v) is 22.2. The molecule has 0 spiro atoms. The molecule has 0 radical (unpaired) electrons. The van der Waals surface area contributed by atoms with Gasteiger partial charge in [0.05, 0.1) is 24.8 Å². The van der Waals surface area contributed by atoms with E-state index in [0.717, 1.165) is 12.8 Å². The highest BCUT2D eigenvalue weighted by Crippen LogP contribution is 2.34. The second-order valence-electron chi connectivity index (χ2n) is 10.5. The molecule has 200 valence electrons. The number of aromatic nitrogens is 1. The van der Waals surface area contributed by atoms with Gasteiger partial charge in [0.1, 0.15) is 23.5 Å². The molecule has 2 fully saturated rings. The largest absolute Gasteiger partial charge is 0.496 e. The fraction of sp³-hybridized carbons (Fsp3) is 0.538. The summed E-state index contributed by atoms with van der Waals surface area (Å²) in [5.74, 6) is -1.36. The minimum Gasteiger partial charge on any atom is -0.496 e. The molecule has 3 atom stereocenters. The number of methoxy groups -OCH3 is 2. The van der Waals surface area contributed by atoms with Crippen LogP contribution in [0.4, 0.5) is 0 Å². The van der Waals surface area contributed by atoms with Crippen LogP contribution in [0.1, 0.15) is 56.4 Å². The topological polar surface area (TPSA) is 139 Å². The standard InChI is InChI=1S/C26H33ClN4O6/c1-26(2)12-14(22(32)31-26)10-19(25(35)37-4)30-23(33)17(9-13-5-6-13)29-24(34)18-11-15-20(36-3)8-7-16(27)21(15)28-18/h7-8,11,13-14,17,19,28H,5-6,9-10,12H2,1-4H3,(H,29,34)(H,30,33)(H,31,32)/t14-,17+,19?/m1/s1. The second-order valence-corrected chi connectivity index (χ2v) is 10.9. The second kappa shape index (κ2) is 10.6. The monoisotopic (exact) mass is 532 g/mol. The molecular formula is C26H33ClN4O6. The van der Waals surface area contributed by atoms with E-state index in [0.29, 0.717) is 40.4 Å². The summed E-state index contributed by atoms with van der Waals surface area (Å²) in [4.78, 5) is 54.4. The molecule has 1 aromatic carbocycles. The van der Waals surface area contributed by atoms with Crippen molar-refractivity contribution in [1.29, 1.82) is 0 Å². The van der Waals surface area contributed by atoms with Crippen molar-refractivity contribution in [2.45, 2.75) is 63.6 Å². The van der Waals surface area contributed by atoms with Crippen molar-refractivity contribution in [3.63, 3.8) is 0 Å². The number of amides is 3. The molecule has 1 aliphatic heterocycles. The average Bonchev–Trinajstić information content (AvgIpc) is 3.47. The third kappa shape index (κ3) is 6.18. The molecule has 1 saturated heterocycles. The van der Waals surface area contributed by atoms with E-state index in [2.05, 4.69) is 20.9 Å². The van der Waals surface area contributed by atoms with Gasteiger partial charge in [0.25, 0.3) is 5.91 Å². The van der Waals surface area contributed by atoms with Crippen molar-refractivity contribution in [1.82, 2.24) is 20.9 Å². The number of carbonyl (C=O) groups is 4. The van der Waals surface area contributed by atoms with Crippen molar-refractivity contribution < 1.29 is 28.7 Å². The van der Waals surface area contributed by atoms with Crippen molar-refractivity contribution in [3.8, 4) is 5.75 Å².